The Balaban J connectivity index is 1.61. The van der Waals surface area contributed by atoms with Gasteiger partial charge in [0.15, 0.2) is 0 Å². The number of rotatable bonds is 4. The van der Waals surface area contributed by atoms with Crippen LogP contribution in [0.15, 0.2) is 42.7 Å². The third-order valence-electron chi connectivity index (χ3n) is 3.92. The molecule has 1 aliphatic rings. The molecule has 2 heterocycles. The van der Waals surface area contributed by atoms with Gasteiger partial charge in [-0.3, -0.25) is 4.90 Å². The largest absolute Gasteiger partial charge is 0.366 e. The maximum Gasteiger partial charge on any atom is 0.217 e. The van der Waals surface area contributed by atoms with Crippen molar-refractivity contribution in [3.63, 3.8) is 0 Å². The highest BCUT2D eigenvalue weighted by Gasteiger charge is 2.29. The lowest BCUT2D eigenvalue weighted by Crippen LogP contribution is -2.28. The Bertz CT molecular complexity index is 590. The van der Waals surface area contributed by atoms with Crippen molar-refractivity contribution in [2.24, 2.45) is 0 Å². The second-order valence-electron chi connectivity index (χ2n) is 5.57. The standard InChI is InChI=1S/C16H19FN4/c1-12-7-14(20-16-8-15(17)18-11-19-16)10-21(12)9-13-5-3-2-4-6-13/h2-6,8,11-12,14H,7,9-10H2,1H3,(H,18,19,20). The van der Waals surface area contributed by atoms with Crippen LogP contribution in [-0.2, 0) is 6.54 Å². The van der Waals surface area contributed by atoms with Gasteiger partial charge in [-0.25, -0.2) is 9.97 Å². The van der Waals surface area contributed by atoms with Crippen molar-refractivity contribution in [3.8, 4) is 0 Å². The fourth-order valence-electron chi connectivity index (χ4n) is 2.86. The van der Waals surface area contributed by atoms with Gasteiger partial charge in [-0.15, -0.1) is 0 Å². The molecule has 1 aromatic carbocycles. The van der Waals surface area contributed by atoms with E-state index in [1.165, 1.54) is 18.0 Å². The second-order valence-corrected chi connectivity index (χ2v) is 5.57. The molecule has 1 N–H and O–H groups in total. The van der Waals surface area contributed by atoms with Gasteiger partial charge < -0.3 is 5.32 Å². The number of aromatic nitrogens is 2. The van der Waals surface area contributed by atoms with E-state index in [2.05, 4.69) is 51.4 Å². The fraction of sp³-hybridized carbons (Fsp3) is 0.375. The first-order chi connectivity index (χ1) is 10.2. The third-order valence-corrected chi connectivity index (χ3v) is 3.92. The number of benzene rings is 1. The maximum atomic E-state index is 13.1. The number of nitrogens with zero attached hydrogens (tertiary/aromatic N) is 3. The molecule has 1 saturated heterocycles. The monoisotopic (exact) mass is 286 g/mol. The molecule has 2 atom stereocenters. The van der Waals surface area contributed by atoms with Crippen molar-refractivity contribution < 1.29 is 4.39 Å². The van der Waals surface area contributed by atoms with E-state index in [1.807, 2.05) is 6.07 Å². The molecule has 0 saturated carbocycles. The molecule has 0 spiro atoms. The summed E-state index contributed by atoms with van der Waals surface area (Å²) < 4.78 is 13.1. The van der Waals surface area contributed by atoms with Crippen LogP contribution < -0.4 is 5.32 Å². The van der Waals surface area contributed by atoms with Crippen molar-refractivity contribution in [3.05, 3.63) is 54.2 Å². The Morgan fingerprint density at radius 2 is 2.10 bits per heavy atom. The topological polar surface area (TPSA) is 41.1 Å². The number of nitrogens with one attached hydrogen (secondary N) is 1. The molecule has 0 radical (unpaired) electrons. The van der Waals surface area contributed by atoms with Crippen LogP contribution in [0.3, 0.4) is 0 Å². The van der Waals surface area contributed by atoms with Crippen LogP contribution in [0.1, 0.15) is 18.9 Å². The normalized spacial score (nSPS) is 22.4. The number of anilines is 1. The van der Waals surface area contributed by atoms with E-state index in [1.54, 1.807) is 0 Å². The highest BCUT2D eigenvalue weighted by atomic mass is 19.1. The highest BCUT2D eigenvalue weighted by Crippen LogP contribution is 2.22. The molecule has 0 amide bonds. The molecular formula is C16H19FN4. The van der Waals surface area contributed by atoms with Crippen molar-refractivity contribution >= 4 is 5.82 Å². The quantitative estimate of drug-likeness (QED) is 0.877. The van der Waals surface area contributed by atoms with Gasteiger partial charge in [-0.1, -0.05) is 30.3 Å². The molecule has 4 nitrogen and oxygen atoms in total. The van der Waals surface area contributed by atoms with E-state index in [-0.39, 0.29) is 6.04 Å². The van der Waals surface area contributed by atoms with Crippen LogP contribution in [0.2, 0.25) is 0 Å². The van der Waals surface area contributed by atoms with E-state index in [4.69, 9.17) is 0 Å². The summed E-state index contributed by atoms with van der Waals surface area (Å²) in [4.78, 5) is 9.96. The SMILES string of the molecule is CC1CC(Nc2cc(F)ncn2)CN1Cc1ccccc1. The first-order valence-electron chi connectivity index (χ1n) is 7.23. The van der Waals surface area contributed by atoms with E-state index >= 15 is 0 Å². The van der Waals surface area contributed by atoms with Crippen molar-refractivity contribution in [2.75, 3.05) is 11.9 Å². The Morgan fingerprint density at radius 3 is 2.86 bits per heavy atom. The number of halogens is 1. The number of likely N-dealkylation sites (tertiary alicyclic amines) is 1. The molecule has 21 heavy (non-hydrogen) atoms. The minimum Gasteiger partial charge on any atom is -0.366 e. The Labute approximate surface area is 124 Å². The molecule has 1 aliphatic heterocycles. The summed E-state index contributed by atoms with van der Waals surface area (Å²) >= 11 is 0. The van der Waals surface area contributed by atoms with Crippen LogP contribution >= 0.6 is 0 Å². The molecule has 1 aromatic heterocycles. The molecule has 5 heteroatoms. The lowest BCUT2D eigenvalue weighted by molar-refractivity contribution is 0.259. The van der Waals surface area contributed by atoms with Crippen molar-refractivity contribution in [1.29, 1.82) is 0 Å². The predicted octanol–water partition coefficient (Wildman–Crippen LogP) is 2.69. The predicted molar refractivity (Wildman–Crippen MR) is 80.3 cm³/mol. The Morgan fingerprint density at radius 1 is 1.29 bits per heavy atom. The zero-order chi connectivity index (χ0) is 14.7. The number of hydrogen-bond donors (Lipinski definition) is 1. The van der Waals surface area contributed by atoms with Crippen LogP contribution in [0.5, 0.6) is 0 Å². The van der Waals surface area contributed by atoms with Gasteiger partial charge in [-0.2, -0.15) is 4.39 Å². The maximum absolute atomic E-state index is 13.1. The third kappa shape index (κ3) is 3.55. The van der Waals surface area contributed by atoms with Gasteiger partial charge in [0, 0.05) is 31.2 Å². The average Bonchev–Trinajstić information content (AvgIpc) is 2.80. The van der Waals surface area contributed by atoms with E-state index in [0.29, 0.717) is 11.9 Å². The lowest BCUT2D eigenvalue weighted by atomic mass is 10.2. The van der Waals surface area contributed by atoms with Crippen LogP contribution in [0, 0.1) is 5.95 Å². The summed E-state index contributed by atoms with van der Waals surface area (Å²) in [5.41, 5.74) is 1.32. The minimum absolute atomic E-state index is 0.290. The molecule has 3 rings (SSSR count). The average molecular weight is 286 g/mol. The first kappa shape index (κ1) is 13.9. The molecule has 1 fully saturated rings. The smallest absolute Gasteiger partial charge is 0.217 e. The highest BCUT2D eigenvalue weighted by molar-refractivity contribution is 5.34. The van der Waals surface area contributed by atoms with E-state index in [9.17, 15) is 4.39 Å². The van der Waals surface area contributed by atoms with Gasteiger partial charge >= 0.3 is 0 Å². The summed E-state index contributed by atoms with van der Waals surface area (Å²) in [6.07, 6.45) is 2.27. The number of hydrogen-bond acceptors (Lipinski definition) is 4. The molecule has 2 aromatic rings. The van der Waals surface area contributed by atoms with Crippen molar-refractivity contribution in [2.45, 2.75) is 32.0 Å². The van der Waals surface area contributed by atoms with Crippen LogP contribution in [0.4, 0.5) is 10.2 Å². The lowest BCUT2D eigenvalue weighted by Gasteiger charge is -2.20. The molecular weight excluding hydrogens is 267 g/mol. The molecule has 0 bridgehead atoms. The van der Waals surface area contributed by atoms with Gasteiger partial charge in [0.25, 0.3) is 0 Å². The van der Waals surface area contributed by atoms with Crippen LogP contribution in [0.25, 0.3) is 0 Å². The van der Waals surface area contributed by atoms with Crippen molar-refractivity contribution in [1.82, 2.24) is 14.9 Å². The first-order valence-corrected chi connectivity index (χ1v) is 7.23. The molecule has 0 aliphatic carbocycles. The van der Waals surface area contributed by atoms with Gasteiger partial charge in [-0.05, 0) is 18.9 Å². The second kappa shape index (κ2) is 6.18. The Kier molecular flexibility index (Phi) is 4.10. The Hall–Kier alpha value is -2.01. The van der Waals surface area contributed by atoms with Gasteiger partial charge in [0.2, 0.25) is 5.95 Å². The zero-order valence-electron chi connectivity index (χ0n) is 12.0. The zero-order valence-corrected chi connectivity index (χ0v) is 12.0. The molecule has 110 valence electrons. The van der Waals surface area contributed by atoms with E-state index in [0.717, 1.165) is 19.5 Å². The van der Waals surface area contributed by atoms with E-state index < -0.39 is 5.95 Å². The fourth-order valence-corrected chi connectivity index (χ4v) is 2.86. The van der Waals surface area contributed by atoms with Gasteiger partial charge in [0.05, 0.1) is 0 Å². The van der Waals surface area contributed by atoms with Gasteiger partial charge in [0.1, 0.15) is 12.1 Å². The summed E-state index contributed by atoms with van der Waals surface area (Å²) in [7, 11) is 0. The summed E-state index contributed by atoms with van der Waals surface area (Å²) in [5.74, 6) is 0.0564. The summed E-state index contributed by atoms with van der Waals surface area (Å²) in [6, 6.07) is 12.6. The minimum atomic E-state index is -0.500. The molecule has 2 unspecified atom stereocenters. The summed E-state index contributed by atoms with van der Waals surface area (Å²) in [6.45, 7) is 4.10. The van der Waals surface area contributed by atoms with Crippen LogP contribution in [-0.4, -0.2) is 33.5 Å². The summed E-state index contributed by atoms with van der Waals surface area (Å²) in [5, 5.41) is 3.30.